The van der Waals surface area contributed by atoms with Crippen LogP contribution in [0.25, 0.3) is 43.8 Å². The van der Waals surface area contributed by atoms with Gasteiger partial charge in [-0.15, -0.1) is 0 Å². The SMILES string of the molecule is Cc1ccc2cc(-c3ccc4c(c3)C(C)(C)c3cc5ccccc5cc3-4)ccc2c1. The maximum absolute atomic E-state index is 2.41. The van der Waals surface area contributed by atoms with Crippen molar-refractivity contribution in [2.45, 2.75) is 26.2 Å². The maximum Gasteiger partial charge on any atom is 0.0159 e. The van der Waals surface area contributed by atoms with Crippen LogP contribution in [0.4, 0.5) is 0 Å². The van der Waals surface area contributed by atoms with E-state index >= 15 is 0 Å². The van der Waals surface area contributed by atoms with Crippen LogP contribution in [0.5, 0.6) is 0 Å². The summed E-state index contributed by atoms with van der Waals surface area (Å²) >= 11 is 0. The molecular weight excluding hydrogens is 360 g/mol. The summed E-state index contributed by atoms with van der Waals surface area (Å²) in [5.41, 5.74) is 9.50. The lowest BCUT2D eigenvalue weighted by molar-refractivity contribution is 0.661. The molecule has 0 unspecified atom stereocenters. The van der Waals surface area contributed by atoms with Gasteiger partial charge in [0, 0.05) is 5.41 Å². The Morgan fingerprint density at radius 1 is 0.500 bits per heavy atom. The second kappa shape index (κ2) is 6.06. The smallest absolute Gasteiger partial charge is 0.0159 e. The van der Waals surface area contributed by atoms with Crippen molar-refractivity contribution in [3.8, 4) is 22.3 Å². The molecular formula is C30H24. The van der Waals surface area contributed by atoms with Gasteiger partial charge in [-0.1, -0.05) is 86.1 Å². The van der Waals surface area contributed by atoms with Crippen LogP contribution in [0.2, 0.25) is 0 Å². The summed E-state index contributed by atoms with van der Waals surface area (Å²) in [6.45, 7) is 6.87. The van der Waals surface area contributed by atoms with Crippen LogP contribution in [0, 0.1) is 6.92 Å². The fourth-order valence-electron chi connectivity index (χ4n) is 5.15. The first-order chi connectivity index (χ1) is 14.5. The highest BCUT2D eigenvalue weighted by Crippen LogP contribution is 2.50. The van der Waals surface area contributed by atoms with E-state index in [1.165, 1.54) is 60.5 Å². The van der Waals surface area contributed by atoms with Gasteiger partial charge in [0.05, 0.1) is 0 Å². The molecule has 0 aromatic heterocycles. The van der Waals surface area contributed by atoms with E-state index in [-0.39, 0.29) is 5.41 Å². The molecule has 5 aromatic rings. The molecule has 0 N–H and O–H groups in total. The maximum atomic E-state index is 2.41. The van der Waals surface area contributed by atoms with E-state index in [4.69, 9.17) is 0 Å². The van der Waals surface area contributed by atoms with E-state index in [2.05, 4.69) is 112 Å². The average molecular weight is 385 g/mol. The molecule has 0 radical (unpaired) electrons. The van der Waals surface area contributed by atoms with Gasteiger partial charge in [0.1, 0.15) is 0 Å². The monoisotopic (exact) mass is 384 g/mol. The number of fused-ring (bicyclic) bond motifs is 5. The van der Waals surface area contributed by atoms with E-state index in [0.29, 0.717) is 0 Å². The molecule has 0 spiro atoms. The van der Waals surface area contributed by atoms with Crippen LogP contribution in [0.3, 0.4) is 0 Å². The average Bonchev–Trinajstić information content (AvgIpc) is 2.98. The van der Waals surface area contributed by atoms with E-state index in [9.17, 15) is 0 Å². The molecule has 0 nitrogen and oxygen atoms in total. The summed E-state index contributed by atoms with van der Waals surface area (Å²) in [6.07, 6.45) is 0. The molecule has 30 heavy (non-hydrogen) atoms. The Bertz CT molecular complexity index is 1470. The molecule has 5 aromatic carbocycles. The van der Waals surface area contributed by atoms with Crippen molar-refractivity contribution < 1.29 is 0 Å². The molecule has 1 aliphatic carbocycles. The second-order valence-corrected chi connectivity index (χ2v) is 9.20. The van der Waals surface area contributed by atoms with Gasteiger partial charge < -0.3 is 0 Å². The Kier molecular flexibility index (Phi) is 3.53. The molecule has 0 heterocycles. The van der Waals surface area contributed by atoms with Crippen LogP contribution in [-0.4, -0.2) is 0 Å². The highest BCUT2D eigenvalue weighted by atomic mass is 14.4. The summed E-state index contributed by atoms with van der Waals surface area (Å²) in [5.74, 6) is 0. The molecule has 0 fully saturated rings. The van der Waals surface area contributed by atoms with E-state index < -0.39 is 0 Å². The minimum absolute atomic E-state index is 0.00132. The number of benzene rings is 5. The van der Waals surface area contributed by atoms with E-state index in [1.807, 2.05) is 0 Å². The summed E-state index contributed by atoms with van der Waals surface area (Å²) in [5, 5.41) is 5.24. The topological polar surface area (TPSA) is 0 Å². The van der Waals surface area contributed by atoms with Gasteiger partial charge in [0.25, 0.3) is 0 Å². The first-order valence-electron chi connectivity index (χ1n) is 10.7. The van der Waals surface area contributed by atoms with Gasteiger partial charge in [0.2, 0.25) is 0 Å². The Balaban J connectivity index is 1.53. The molecule has 6 rings (SSSR count). The number of hydrogen-bond acceptors (Lipinski definition) is 0. The van der Waals surface area contributed by atoms with Crippen molar-refractivity contribution in [3.05, 3.63) is 108 Å². The van der Waals surface area contributed by atoms with Gasteiger partial charge in [-0.25, -0.2) is 0 Å². The third-order valence-corrected chi connectivity index (χ3v) is 6.87. The number of rotatable bonds is 1. The van der Waals surface area contributed by atoms with Gasteiger partial charge in [-0.05, 0) is 86.1 Å². The Hall–Kier alpha value is -3.38. The molecule has 0 saturated heterocycles. The molecule has 144 valence electrons. The highest BCUT2D eigenvalue weighted by Gasteiger charge is 2.35. The molecule has 0 saturated carbocycles. The zero-order valence-corrected chi connectivity index (χ0v) is 17.7. The molecule has 0 aliphatic heterocycles. The third-order valence-electron chi connectivity index (χ3n) is 6.87. The number of hydrogen-bond donors (Lipinski definition) is 0. The summed E-state index contributed by atoms with van der Waals surface area (Å²) < 4.78 is 0. The van der Waals surface area contributed by atoms with Crippen molar-refractivity contribution in [1.29, 1.82) is 0 Å². The molecule has 0 atom stereocenters. The zero-order valence-electron chi connectivity index (χ0n) is 17.7. The fraction of sp³-hybridized carbons (Fsp3) is 0.133. The second-order valence-electron chi connectivity index (χ2n) is 9.20. The standard InChI is InChI=1S/C30H24/c1-19-8-9-23-15-24(11-10-22(23)14-19)25-12-13-26-27-16-20-6-4-5-7-21(20)17-29(27)30(2,3)28(26)18-25/h4-18H,1-3H3. The summed E-state index contributed by atoms with van der Waals surface area (Å²) in [7, 11) is 0. The first kappa shape index (κ1) is 17.5. The lowest BCUT2D eigenvalue weighted by Crippen LogP contribution is -2.15. The van der Waals surface area contributed by atoms with Crippen molar-refractivity contribution in [3.63, 3.8) is 0 Å². The van der Waals surface area contributed by atoms with Gasteiger partial charge in [-0.3, -0.25) is 0 Å². The largest absolute Gasteiger partial charge is 0.0616 e. The quantitative estimate of drug-likeness (QED) is 0.273. The van der Waals surface area contributed by atoms with Crippen molar-refractivity contribution in [1.82, 2.24) is 0 Å². The predicted molar refractivity (Wildman–Crippen MR) is 129 cm³/mol. The zero-order chi connectivity index (χ0) is 20.5. The lowest BCUT2D eigenvalue weighted by Gasteiger charge is -2.22. The summed E-state index contributed by atoms with van der Waals surface area (Å²) in [6, 6.07) is 34.0. The Morgan fingerprint density at radius 3 is 1.93 bits per heavy atom. The van der Waals surface area contributed by atoms with E-state index in [1.54, 1.807) is 0 Å². The van der Waals surface area contributed by atoms with Crippen molar-refractivity contribution in [2.75, 3.05) is 0 Å². The van der Waals surface area contributed by atoms with Crippen molar-refractivity contribution in [2.24, 2.45) is 0 Å². The number of aryl methyl sites for hydroxylation is 1. The van der Waals surface area contributed by atoms with E-state index in [0.717, 1.165) is 0 Å². The van der Waals surface area contributed by atoms with Crippen LogP contribution in [-0.2, 0) is 5.41 Å². The predicted octanol–water partition coefficient (Wildman–Crippen LogP) is 8.27. The van der Waals surface area contributed by atoms with Crippen molar-refractivity contribution >= 4 is 21.5 Å². The molecule has 0 amide bonds. The molecule has 0 heteroatoms. The van der Waals surface area contributed by atoms with Crippen LogP contribution < -0.4 is 0 Å². The molecule has 1 aliphatic rings. The van der Waals surface area contributed by atoms with Gasteiger partial charge >= 0.3 is 0 Å². The van der Waals surface area contributed by atoms with Crippen LogP contribution >= 0.6 is 0 Å². The molecule has 0 bridgehead atoms. The Labute approximate surface area is 177 Å². The van der Waals surface area contributed by atoms with Gasteiger partial charge in [0.15, 0.2) is 0 Å². The first-order valence-corrected chi connectivity index (χ1v) is 10.7. The summed E-state index contributed by atoms with van der Waals surface area (Å²) in [4.78, 5) is 0. The minimum atomic E-state index is -0.00132. The Morgan fingerprint density at radius 2 is 1.10 bits per heavy atom. The van der Waals surface area contributed by atoms with Crippen LogP contribution in [0.1, 0.15) is 30.5 Å². The van der Waals surface area contributed by atoms with Gasteiger partial charge in [-0.2, -0.15) is 0 Å². The minimum Gasteiger partial charge on any atom is -0.0616 e. The van der Waals surface area contributed by atoms with Crippen LogP contribution in [0.15, 0.2) is 91.0 Å². The third kappa shape index (κ3) is 2.47. The normalized spacial score (nSPS) is 14.1. The fourth-order valence-corrected chi connectivity index (χ4v) is 5.15. The highest BCUT2D eigenvalue weighted by molar-refractivity contribution is 5.94. The lowest BCUT2D eigenvalue weighted by atomic mass is 9.81.